The van der Waals surface area contributed by atoms with Gasteiger partial charge in [0.05, 0.1) is 11.9 Å². The maximum atomic E-state index is 12.6. The van der Waals surface area contributed by atoms with E-state index in [4.69, 9.17) is 5.73 Å². The van der Waals surface area contributed by atoms with Crippen LogP contribution in [0.1, 0.15) is 35.7 Å². The number of likely N-dealkylation sites (tertiary alicyclic amines) is 1. The highest BCUT2D eigenvalue weighted by atomic mass is 16.2. The Labute approximate surface area is 130 Å². The summed E-state index contributed by atoms with van der Waals surface area (Å²) in [5.41, 5.74) is 8.75. The summed E-state index contributed by atoms with van der Waals surface area (Å²) < 4.78 is 1.81. The number of benzene rings is 1. The van der Waals surface area contributed by atoms with E-state index in [-0.39, 0.29) is 18.0 Å². The van der Waals surface area contributed by atoms with Gasteiger partial charge in [-0.2, -0.15) is 5.10 Å². The minimum absolute atomic E-state index is 0.0857. The molecule has 0 unspecified atom stereocenters. The molecule has 1 amide bonds. The minimum Gasteiger partial charge on any atom is -0.336 e. The first-order valence-corrected chi connectivity index (χ1v) is 7.73. The molecule has 1 aliphatic heterocycles. The highest BCUT2D eigenvalue weighted by molar-refractivity contribution is 5.94. The second kappa shape index (κ2) is 5.93. The van der Waals surface area contributed by atoms with Crippen molar-refractivity contribution in [2.24, 2.45) is 5.73 Å². The molecule has 1 aromatic carbocycles. The second-order valence-electron chi connectivity index (χ2n) is 6.14. The van der Waals surface area contributed by atoms with Gasteiger partial charge < -0.3 is 10.6 Å². The van der Waals surface area contributed by atoms with E-state index in [0.29, 0.717) is 0 Å². The van der Waals surface area contributed by atoms with E-state index in [0.717, 1.165) is 36.2 Å². The molecule has 5 nitrogen and oxygen atoms in total. The third-order valence-corrected chi connectivity index (χ3v) is 4.27. The Bertz CT molecular complexity index is 662. The van der Waals surface area contributed by atoms with Crippen molar-refractivity contribution in [1.82, 2.24) is 14.7 Å². The molecule has 0 spiro atoms. The van der Waals surface area contributed by atoms with Crippen LogP contribution in [0.25, 0.3) is 5.69 Å². The van der Waals surface area contributed by atoms with E-state index in [9.17, 15) is 4.79 Å². The zero-order valence-corrected chi connectivity index (χ0v) is 13.1. The van der Waals surface area contributed by atoms with Gasteiger partial charge in [-0.25, -0.2) is 4.68 Å². The predicted octanol–water partition coefficient (Wildman–Crippen LogP) is 2.13. The van der Waals surface area contributed by atoms with Gasteiger partial charge in [-0.1, -0.05) is 0 Å². The number of nitrogens with two attached hydrogens (primary N) is 1. The topological polar surface area (TPSA) is 64.2 Å². The smallest absolute Gasteiger partial charge is 0.254 e. The lowest BCUT2D eigenvalue weighted by Gasteiger charge is -2.36. The normalized spacial score (nSPS) is 21.9. The first-order chi connectivity index (χ1) is 10.5. The SMILES string of the molecule is Cc1cnn(-c2ccc(C(=O)N3CC[C@H](N)C[C@H]3C)cc2)c1. The zero-order chi connectivity index (χ0) is 15.7. The molecule has 0 bridgehead atoms. The minimum atomic E-state index is 0.0857. The van der Waals surface area contributed by atoms with Crippen LogP contribution >= 0.6 is 0 Å². The summed E-state index contributed by atoms with van der Waals surface area (Å²) in [4.78, 5) is 14.6. The molecule has 2 atom stereocenters. The van der Waals surface area contributed by atoms with Crippen molar-refractivity contribution in [2.75, 3.05) is 6.54 Å². The van der Waals surface area contributed by atoms with Crippen LogP contribution in [0, 0.1) is 6.92 Å². The highest BCUT2D eigenvalue weighted by Gasteiger charge is 2.27. The van der Waals surface area contributed by atoms with Crippen molar-refractivity contribution in [3.05, 3.63) is 47.8 Å². The van der Waals surface area contributed by atoms with E-state index in [1.54, 1.807) is 0 Å². The molecule has 2 aromatic rings. The molecule has 22 heavy (non-hydrogen) atoms. The quantitative estimate of drug-likeness (QED) is 0.924. The Morgan fingerprint density at radius 3 is 2.64 bits per heavy atom. The lowest BCUT2D eigenvalue weighted by Crippen LogP contribution is -2.48. The third kappa shape index (κ3) is 2.90. The number of aromatic nitrogens is 2. The van der Waals surface area contributed by atoms with Gasteiger partial charge in [0, 0.05) is 30.4 Å². The monoisotopic (exact) mass is 298 g/mol. The summed E-state index contributed by atoms with van der Waals surface area (Å²) in [6.45, 7) is 4.81. The van der Waals surface area contributed by atoms with E-state index >= 15 is 0 Å². The molecule has 2 heterocycles. The first-order valence-electron chi connectivity index (χ1n) is 7.73. The maximum absolute atomic E-state index is 12.6. The molecule has 1 aromatic heterocycles. The maximum Gasteiger partial charge on any atom is 0.254 e. The highest BCUT2D eigenvalue weighted by Crippen LogP contribution is 2.19. The number of nitrogens with zero attached hydrogens (tertiary/aromatic N) is 3. The fraction of sp³-hybridized carbons (Fsp3) is 0.412. The van der Waals surface area contributed by atoms with E-state index < -0.39 is 0 Å². The molecular formula is C17H22N4O. The molecule has 0 radical (unpaired) electrons. The number of hydrogen-bond acceptors (Lipinski definition) is 3. The number of carbonyl (C=O) groups is 1. The Hall–Kier alpha value is -2.14. The van der Waals surface area contributed by atoms with Crippen molar-refractivity contribution >= 4 is 5.91 Å². The van der Waals surface area contributed by atoms with Crippen molar-refractivity contribution in [3.8, 4) is 5.69 Å². The molecule has 116 valence electrons. The summed E-state index contributed by atoms with van der Waals surface area (Å²) in [7, 11) is 0. The Balaban J connectivity index is 1.76. The van der Waals surface area contributed by atoms with Gasteiger partial charge in [-0.05, 0) is 56.5 Å². The van der Waals surface area contributed by atoms with Gasteiger partial charge in [0.25, 0.3) is 5.91 Å². The Morgan fingerprint density at radius 1 is 1.32 bits per heavy atom. The fourth-order valence-electron chi connectivity index (χ4n) is 2.99. The number of amides is 1. The lowest BCUT2D eigenvalue weighted by atomic mass is 9.98. The summed E-state index contributed by atoms with van der Waals surface area (Å²) >= 11 is 0. The zero-order valence-electron chi connectivity index (χ0n) is 13.1. The van der Waals surface area contributed by atoms with Crippen LogP contribution in [0.15, 0.2) is 36.7 Å². The summed E-state index contributed by atoms with van der Waals surface area (Å²) in [6, 6.07) is 8.01. The van der Waals surface area contributed by atoms with Crippen molar-refractivity contribution in [1.29, 1.82) is 0 Å². The number of hydrogen-bond donors (Lipinski definition) is 1. The number of rotatable bonds is 2. The van der Waals surface area contributed by atoms with E-state index in [2.05, 4.69) is 12.0 Å². The molecule has 5 heteroatoms. The molecule has 0 saturated carbocycles. The summed E-state index contributed by atoms with van der Waals surface area (Å²) in [6.07, 6.45) is 5.53. The molecule has 1 aliphatic rings. The van der Waals surface area contributed by atoms with Crippen molar-refractivity contribution < 1.29 is 4.79 Å². The van der Waals surface area contributed by atoms with Gasteiger partial charge in [0.15, 0.2) is 0 Å². The van der Waals surface area contributed by atoms with Crippen molar-refractivity contribution in [3.63, 3.8) is 0 Å². The predicted molar refractivity (Wildman–Crippen MR) is 86.0 cm³/mol. The van der Waals surface area contributed by atoms with Crippen LogP contribution in [0.5, 0.6) is 0 Å². The van der Waals surface area contributed by atoms with Crippen LogP contribution in [-0.4, -0.2) is 39.2 Å². The Morgan fingerprint density at radius 2 is 2.05 bits per heavy atom. The van der Waals surface area contributed by atoms with Gasteiger partial charge in [0.1, 0.15) is 0 Å². The van der Waals surface area contributed by atoms with Crippen LogP contribution in [0.3, 0.4) is 0 Å². The molecule has 1 saturated heterocycles. The van der Waals surface area contributed by atoms with Crippen LogP contribution in [-0.2, 0) is 0 Å². The first kappa shape index (κ1) is 14.8. The lowest BCUT2D eigenvalue weighted by molar-refractivity contribution is 0.0619. The number of carbonyl (C=O) groups excluding carboxylic acids is 1. The third-order valence-electron chi connectivity index (χ3n) is 4.27. The van der Waals surface area contributed by atoms with Gasteiger partial charge in [-0.3, -0.25) is 4.79 Å². The van der Waals surface area contributed by atoms with Crippen LogP contribution in [0.4, 0.5) is 0 Å². The average molecular weight is 298 g/mol. The molecular weight excluding hydrogens is 276 g/mol. The van der Waals surface area contributed by atoms with Crippen LogP contribution < -0.4 is 5.73 Å². The number of piperidine rings is 1. The molecule has 0 aliphatic carbocycles. The van der Waals surface area contributed by atoms with Gasteiger partial charge in [-0.15, -0.1) is 0 Å². The van der Waals surface area contributed by atoms with E-state index in [1.807, 2.05) is 53.2 Å². The van der Waals surface area contributed by atoms with Crippen LogP contribution in [0.2, 0.25) is 0 Å². The molecule has 2 N–H and O–H groups in total. The largest absolute Gasteiger partial charge is 0.336 e. The average Bonchev–Trinajstić information content (AvgIpc) is 2.93. The Kier molecular flexibility index (Phi) is 3.98. The summed E-state index contributed by atoms with van der Waals surface area (Å²) in [5, 5.41) is 4.28. The fourth-order valence-corrected chi connectivity index (χ4v) is 2.99. The van der Waals surface area contributed by atoms with E-state index in [1.165, 1.54) is 0 Å². The number of aryl methyl sites for hydroxylation is 1. The van der Waals surface area contributed by atoms with Crippen molar-refractivity contribution in [2.45, 2.75) is 38.8 Å². The van der Waals surface area contributed by atoms with Gasteiger partial charge in [0.2, 0.25) is 0 Å². The second-order valence-corrected chi connectivity index (χ2v) is 6.14. The molecule has 1 fully saturated rings. The standard InChI is InChI=1S/C17H22N4O/c1-12-10-19-21(11-12)16-5-3-14(4-6-16)17(22)20-8-7-15(18)9-13(20)2/h3-6,10-11,13,15H,7-9,18H2,1-2H3/t13-,15+/m1/s1. The molecule has 3 rings (SSSR count). The summed E-state index contributed by atoms with van der Waals surface area (Å²) in [5.74, 6) is 0.0857. The van der Waals surface area contributed by atoms with Gasteiger partial charge >= 0.3 is 0 Å².